The number of carbonyl (C=O) groups is 1. The van der Waals surface area contributed by atoms with E-state index in [4.69, 9.17) is 10.2 Å². The molecular weight excluding hydrogens is 108 g/mol. The van der Waals surface area contributed by atoms with E-state index in [2.05, 4.69) is 0 Å². The van der Waals surface area contributed by atoms with Crippen molar-refractivity contribution in [1.29, 1.82) is 0 Å². The molecule has 1 saturated carbocycles. The highest BCUT2D eigenvalue weighted by Gasteiger charge is 2.42. The molecule has 0 aromatic carbocycles. The second-order valence-corrected chi connectivity index (χ2v) is 2.12. The van der Waals surface area contributed by atoms with Crippen molar-refractivity contribution in [3.8, 4) is 0 Å². The van der Waals surface area contributed by atoms with Crippen molar-refractivity contribution < 1.29 is 15.0 Å². The van der Waals surface area contributed by atoms with E-state index >= 15 is 0 Å². The largest absolute Gasteiger partial charge is 0.481 e. The SMILES string of the molecule is O=C(O)[C@H]1CC1CO. The highest BCUT2D eigenvalue weighted by atomic mass is 16.4. The Morgan fingerprint density at radius 3 is 2.50 bits per heavy atom. The normalized spacial score (nSPS) is 34.6. The van der Waals surface area contributed by atoms with Crippen molar-refractivity contribution in [3.63, 3.8) is 0 Å². The Morgan fingerprint density at radius 2 is 2.38 bits per heavy atom. The van der Waals surface area contributed by atoms with Crippen LogP contribution < -0.4 is 0 Å². The van der Waals surface area contributed by atoms with Gasteiger partial charge in [0, 0.05) is 6.61 Å². The van der Waals surface area contributed by atoms with Gasteiger partial charge >= 0.3 is 5.97 Å². The Morgan fingerprint density at radius 1 is 1.75 bits per heavy atom. The van der Waals surface area contributed by atoms with Gasteiger partial charge in [0.15, 0.2) is 0 Å². The maximum Gasteiger partial charge on any atom is 0.306 e. The molecule has 0 bridgehead atoms. The van der Waals surface area contributed by atoms with Crippen LogP contribution in [0.25, 0.3) is 0 Å². The standard InChI is InChI=1S/C5H8O3/c6-2-3-1-4(3)5(7)8/h3-4,6H,1-2H2,(H,7,8)/t3?,4-/m0/s1. The summed E-state index contributed by atoms with van der Waals surface area (Å²) in [7, 11) is 0. The van der Waals surface area contributed by atoms with Crippen molar-refractivity contribution in [2.24, 2.45) is 11.8 Å². The molecule has 2 N–H and O–H groups in total. The van der Waals surface area contributed by atoms with E-state index in [1.165, 1.54) is 0 Å². The highest BCUT2D eigenvalue weighted by Crippen LogP contribution is 2.37. The maximum atomic E-state index is 10.0. The van der Waals surface area contributed by atoms with Gasteiger partial charge in [0.05, 0.1) is 5.92 Å². The maximum absolute atomic E-state index is 10.0. The quantitative estimate of drug-likeness (QED) is 0.520. The van der Waals surface area contributed by atoms with E-state index in [0.717, 1.165) is 0 Å². The number of rotatable bonds is 2. The van der Waals surface area contributed by atoms with Crippen LogP contribution >= 0.6 is 0 Å². The Kier molecular flexibility index (Phi) is 1.21. The van der Waals surface area contributed by atoms with E-state index in [0.29, 0.717) is 6.42 Å². The third-order valence-electron chi connectivity index (χ3n) is 1.47. The van der Waals surface area contributed by atoms with Crippen molar-refractivity contribution >= 4 is 5.97 Å². The molecule has 3 heteroatoms. The number of hydrogen-bond acceptors (Lipinski definition) is 2. The monoisotopic (exact) mass is 116 g/mol. The van der Waals surface area contributed by atoms with Crippen molar-refractivity contribution in [2.75, 3.05) is 6.61 Å². The van der Waals surface area contributed by atoms with Gasteiger partial charge < -0.3 is 10.2 Å². The van der Waals surface area contributed by atoms with Crippen LogP contribution in [0.3, 0.4) is 0 Å². The summed E-state index contributed by atoms with van der Waals surface area (Å²) in [6, 6.07) is 0. The Bertz CT molecular complexity index is 110. The molecule has 1 rings (SSSR count). The van der Waals surface area contributed by atoms with Gasteiger partial charge in [-0.2, -0.15) is 0 Å². The number of aliphatic hydroxyl groups excluding tert-OH is 1. The average molecular weight is 116 g/mol. The van der Waals surface area contributed by atoms with Crippen LogP contribution in [0, 0.1) is 11.8 Å². The second-order valence-electron chi connectivity index (χ2n) is 2.12. The first kappa shape index (κ1) is 5.56. The van der Waals surface area contributed by atoms with Crippen molar-refractivity contribution in [2.45, 2.75) is 6.42 Å². The van der Waals surface area contributed by atoms with Gasteiger partial charge in [-0.25, -0.2) is 0 Å². The van der Waals surface area contributed by atoms with E-state index in [1.807, 2.05) is 0 Å². The lowest BCUT2D eigenvalue weighted by molar-refractivity contribution is -0.139. The molecule has 0 saturated heterocycles. The summed E-state index contributed by atoms with van der Waals surface area (Å²) in [5.74, 6) is -0.975. The molecular formula is C5H8O3. The molecule has 46 valence electrons. The molecule has 3 nitrogen and oxygen atoms in total. The van der Waals surface area contributed by atoms with Crippen LogP contribution in [-0.4, -0.2) is 22.8 Å². The summed E-state index contributed by atoms with van der Waals surface area (Å²) < 4.78 is 0. The number of carboxylic acid groups (broad SMARTS) is 1. The van der Waals surface area contributed by atoms with Gasteiger partial charge in [-0.15, -0.1) is 0 Å². The fraction of sp³-hybridized carbons (Fsp3) is 0.800. The summed E-state index contributed by atoms with van der Waals surface area (Å²) in [5.41, 5.74) is 0. The number of aliphatic hydroxyl groups is 1. The minimum atomic E-state index is -0.774. The van der Waals surface area contributed by atoms with E-state index in [1.54, 1.807) is 0 Å². The van der Waals surface area contributed by atoms with Crippen LogP contribution in [0.2, 0.25) is 0 Å². The minimum absolute atomic E-state index is 0.0248. The van der Waals surface area contributed by atoms with Crippen molar-refractivity contribution in [3.05, 3.63) is 0 Å². The molecule has 1 fully saturated rings. The highest BCUT2D eigenvalue weighted by molar-refractivity contribution is 5.73. The Labute approximate surface area is 46.9 Å². The lowest BCUT2D eigenvalue weighted by atomic mass is 10.3. The first-order valence-corrected chi connectivity index (χ1v) is 2.59. The molecule has 0 aromatic heterocycles. The number of aliphatic carboxylic acids is 1. The van der Waals surface area contributed by atoms with Crippen LogP contribution in [-0.2, 0) is 4.79 Å². The summed E-state index contributed by atoms with van der Waals surface area (Å²) in [4.78, 5) is 10.0. The van der Waals surface area contributed by atoms with Crippen LogP contribution in [0.1, 0.15) is 6.42 Å². The molecule has 1 aliphatic carbocycles. The van der Waals surface area contributed by atoms with Crippen LogP contribution in [0.4, 0.5) is 0 Å². The van der Waals surface area contributed by atoms with Crippen LogP contribution in [0.5, 0.6) is 0 Å². The van der Waals surface area contributed by atoms with Gasteiger partial charge in [-0.05, 0) is 12.3 Å². The summed E-state index contributed by atoms with van der Waals surface area (Å²) >= 11 is 0. The first-order valence-electron chi connectivity index (χ1n) is 2.59. The van der Waals surface area contributed by atoms with E-state index in [9.17, 15) is 4.79 Å². The topological polar surface area (TPSA) is 57.5 Å². The molecule has 1 aliphatic rings. The zero-order valence-electron chi connectivity index (χ0n) is 4.37. The first-order chi connectivity index (χ1) is 3.75. The lowest BCUT2D eigenvalue weighted by Gasteiger charge is -1.84. The average Bonchev–Trinajstić information content (AvgIpc) is 2.42. The van der Waals surface area contributed by atoms with Gasteiger partial charge in [0.1, 0.15) is 0 Å². The fourth-order valence-electron chi connectivity index (χ4n) is 0.752. The molecule has 0 aromatic rings. The molecule has 0 radical (unpaired) electrons. The van der Waals surface area contributed by atoms with Gasteiger partial charge in [-0.1, -0.05) is 0 Å². The second kappa shape index (κ2) is 1.74. The summed E-state index contributed by atoms with van der Waals surface area (Å²) in [5, 5.41) is 16.6. The van der Waals surface area contributed by atoms with Crippen LogP contribution in [0.15, 0.2) is 0 Å². The molecule has 0 aliphatic heterocycles. The van der Waals surface area contributed by atoms with Crippen molar-refractivity contribution in [1.82, 2.24) is 0 Å². The molecule has 1 unspecified atom stereocenters. The predicted octanol–water partition coefficient (Wildman–Crippen LogP) is -0.301. The third-order valence-corrected chi connectivity index (χ3v) is 1.47. The Balaban J connectivity index is 2.26. The summed E-state index contributed by atoms with van der Waals surface area (Å²) in [6.45, 7) is 0.0248. The predicted molar refractivity (Wildman–Crippen MR) is 26.3 cm³/mol. The number of hydrogen-bond donors (Lipinski definition) is 2. The molecule has 2 atom stereocenters. The lowest BCUT2D eigenvalue weighted by Crippen LogP contribution is -2.00. The molecule has 0 spiro atoms. The molecule has 8 heavy (non-hydrogen) atoms. The fourth-order valence-corrected chi connectivity index (χ4v) is 0.752. The van der Waals surface area contributed by atoms with Gasteiger partial charge in [0.25, 0.3) is 0 Å². The van der Waals surface area contributed by atoms with Gasteiger partial charge in [-0.3, -0.25) is 4.79 Å². The minimum Gasteiger partial charge on any atom is -0.481 e. The zero-order chi connectivity index (χ0) is 6.15. The molecule has 0 heterocycles. The van der Waals surface area contributed by atoms with Gasteiger partial charge in [0.2, 0.25) is 0 Å². The van der Waals surface area contributed by atoms with E-state index < -0.39 is 5.97 Å². The third kappa shape index (κ3) is 0.816. The Hall–Kier alpha value is -0.570. The smallest absolute Gasteiger partial charge is 0.306 e. The van der Waals surface area contributed by atoms with E-state index in [-0.39, 0.29) is 18.4 Å². The number of carboxylic acids is 1. The molecule has 0 amide bonds. The zero-order valence-corrected chi connectivity index (χ0v) is 4.37. The summed E-state index contributed by atoms with van der Waals surface area (Å²) in [6.07, 6.45) is 0.659.